The zero-order valence-electron chi connectivity index (χ0n) is 10.2. The van der Waals surface area contributed by atoms with Crippen molar-refractivity contribution in [3.05, 3.63) is 28.8 Å². The highest BCUT2D eigenvalue weighted by atomic mass is 35.5. The summed E-state index contributed by atoms with van der Waals surface area (Å²) in [7, 11) is 0. The molecule has 0 aliphatic carbocycles. The van der Waals surface area contributed by atoms with Crippen LogP contribution in [0.4, 0.5) is 0 Å². The Morgan fingerprint density at radius 3 is 2.78 bits per heavy atom. The monoisotopic (exact) mass is 268 g/mol. The van der Waals surface area contributed by atoms with E-state index in [2.05, 4.69) is 0 Å². The lowest BCUT2D eigenvalue weighted by Gasteiger charge is -2.16. The first-order valence-corrected chi connectivity index (χ1v) is 6.47. The summed E-state index contributed by atoms with van der Waals surface area (Å²) >= 11 is 5.88. The van der Waals surface area contributed by atoms with Gasteiger partial charge in [-0.25, -0.2) is 0 Å². The van der Waals surface area contributed by atoms with Crippen LogP contribution in [0.25, 0.3) is 0 Å². The third kappa shape index (κ3) is 3.15. The van der Waals surface area contributed by atoms with Gasteiger partial charge in [-0.05, 0) is 31.0 Å². The summed E-state index contributed by atoms with van der Waals surface area (Å²) in [6.07, 6.45) is 2.17. The zero-order valence-corrected chi connectivity index (χ0v) is 10.9. The van der Waals surface area contributed by atoms with Crippen LogP contribution in [0.2, 0.25) is 5.02 Å². The topological polar surface area (TPSA) is 55.6 Å². The predicted octanol–water partition coefficient (Wildman–Crippen LogP) is 1.80. The van der Waals surface area contributed by atoms with Crippen LogP contribution in [-0.2, 0) is 11.3 Å². The molecule has 98 valence electrons. The Morgan fingerprint density at radius 2 is 2.11 bits per heavy atom. The first-order valence-electron chi connectivity index (χ1n) is 6.10. The minimum Gasteiger partial charge on any atom is -0.483 e. The molecule has 18 heavy (non-hydrogen) atoms. The molecule has 2 rings (SSSR count). The summed E-state index contributed by atoms with van der Waals surface area (Å²) in [6.45, 7) is 2.08. The number of rotatable bonds is 4. The van der Waals surface area contributed by atoms with Crippen LogP contribution in [0.15, 0.2) is 18.2 Å². The Hall–Kier alpha value is -1.26. The maximum Gasteiger partial charge on any atom is 0.260 e. The van der Waals surface area contributed by atoms with Crippen molar-refractivity contribution in [1.29, 1.82) is 0 Å². The molecule has 1 amide bonds. The van der Waals surface area contributed by atoms with Gasteiger partial charge in [0.15, 0.2) is 6.61 Å². The molecule has 0 radical (unpaired) electrons. The van der Waals surface area contributed by atoms with Crippen molar-refractivity contribution in [2.24, 2.45) is 5.73 Å². The van der Waals surface area contributed by atoms with E-state index >= 15 is 0 Å². The van der Waals surface area contributed by atoms with E-state index < -0.39 is 0 Å². The molecular formula is C13H17ClN2O2. The van der Waals surface area contributed by atoms with Gasteiger partial charge < -0.3 is 15.4 Å². The highest BCUT2D eigenvalue weighted by molar-refractivity contribution is 6.30. The van der Waals surface area contributed by atoms with E-state index in [4.69, 9.17) is 22.1 Å². The summed E-state index contributed by atoms with van der Waals surface area (Å²) < 4.78 is 5.53. The van der Waals surface area contributed by atoms with E-state index in [9.17, 15) is 4.79 Å². The molecular weight excluding hydrogens is 252 g/mol. The molecule has 1 heterocycles. The molecule has 1 aliphatic rings. The third-order valence-corrected chi connectivity index (χ3v) is 3.29. The molecule has 1 saturated heterocycles. The van der Waals surface area contributed by atoms with Gasteiger partial charge in [-0.3, -0.25) is 4.79 Å². The standard InChI is InChI=1S/C13H17ClN2O2/c14-11-3-4-12(10(7-11)8-15)18-9-13(17)16-5-1-2-6-16/h3-4,7H,1-2,5-6,8-9,15H2. The second-order valence-electron chi connectivity index (χ2n) is 4.33. The van der Waals surface area contributed by atoms with Gasteiger partial charge >= 0.3 is 0 Å². The highest BCUT2D eigenvalue weighted by Crippen LogP contribution is 2.22. The summed E-state index contributed by atoms with van der Waals surface area (Å²) in [6, 6.07) is 5.25. The van der Waals surface area contributed by atoms with Gasteiger partial charge in [0, 0.05) is 30.2 Å². The van der Waals surface area contributed by atoms with E-state index in [1.807, 2.05) is 4.90 Å². The molecule has 5 heteroatoms. The third-order valence-electron chi connectivity index (χ3n) is 3.05. The molecule has 0 spiro atoms. The molecule has 0 unspecified atom stereocenters. The van der Waals surface area contributed by atoms with Crippen LogP contribution < -0.4 is 10.5 Å². The summed E-state index contributed by atoms with van der Waals surface area (Å²) in [5, 5.41) is 0.619. The molecule has 0 aromatic heterocycles. The molecule has 1 aromatic carbocycles. The Morgan fingerprint density at radius 1 is 1.39 bits per heavy atom. The van der Waals surface area contributed by atoms with Crippen molar-refractivity contribution >= 4 is 17.5 Å². The fourth-order valence-electron chi connectivity index (χ4n) is 2.05. The number of likely N-dealkylation sites (tertiary alicyclic amines) is 1. The van der Waals surface area contributed by atoms with Crippen molar-refractivity contribution in [2.45, 2.75) is 19.4 Å². The van der Waals surface area contributed by atoms with E-state index in [-0.39, 0.29) is 12.5 Å². The number of hydrogen-bond donors (Lipinski definition) is 1. The molecule has 0 saturated carbocycles. The molecule has 1 aromatic rings. The van der Waals surface area contributed by atoms with E-state index in [0.717, 1.165) is 31.5 Å². The number of ether oxygens (including phenoxy) is 1. The lowest BCUT2D eigenvalue weighted by atomic mass is 10.2. The number of halogens is 1. The number of carbonyl (C=O) groups excluding carboxylic acids is 1. The van der Waals surface area contributed by atoms with Crippen molar-refractivity contribution in [2.75, 3.05) is 19.7 Å². The van der Waals surface area contributed by atoms with Crippen LogP contribution >= 0.6 is 11.6 Å². The average Bonchev–Trinajstić information content (AvgIpc) is 2.90. The van der Waals surface area contributed by atoms with Crippen LogP contribution in [0, 0.1) is 0 Å². The first-order chi connectivity index (χ1) is 8.70. The van der Waals surface area contributed by atoms with Gasteiger partial charge in [0.1, 0.15) is 5.75 Å². The number of carbonyl (C=O) groups is 1. The van der Waals surface area contributed by atoms with Crippen molar-refractivity contribution in [3.8, 4) is 5.75 Å². The maximum absolute atomic E-state index is 11.8. The Kier molecular flexibility index (Phi) is 4.44. The minimum absolute atomic E-state index is 0.0328. The van der Waals surface area contributed by atoms with E-state index in [1.165, 1.54) is 0 Å². The summed E-state index contributed by atoms with van der Waals surface area (Å²) in [5.74, 6) is 0.667. The molecule has 1 fully saturated rings. The lowest BCUT2D eigenvalue weighted by molar-refractivity contribution is -0.132. The number of hydrogen-bond acceptors (Lipinski definition) is 3. The van der Waals surface area contributed by atoms with Crippen LogP contribution in [-0.4, -0.2) is 30.5 Å². The van der Waals surface area contributed by atoms with Crippen molar-refractivity contribution in [1.82, 2.24) is 4.90 Å². The smallest absolute Gasteiger partial charge is 0.260 e. The van der Waals surface area contributed by atoms with Crippen molar-refractivity contribution < 1.29 is 9.53 Å². The van der Waals surface area contributed by atoms with Gasteiger partial charge in [0.2, 0.25) is 0 Å². The molecule has 4 nitrogen and oxygen atoms in total. The van der Waals surface area contributed by atoms with E-state index in [1.54, 1.807) is 18.2 Å². The maximum atomic E-state index is 11.8. The lowest BCUT2D eigenvalue weighted by Crippen LogP contribution is -2.32. The summed E-state index contributed by atoms with van der Waals surface area (Å²) in [4.78, 5) is 13.7. The second-order valence-corrected chi connectivity index (χ2v) is 4.77. The van der Waals surface area contributed by atoms with Gasteiger partial charge in [-0.15, -0.1) is 0 Å². The van der Waals surface area contributed by atoms with E-state index in [0.29, 0.717) is 17.3 Å². The van der Waals surface area contributed by atoms with Gasteiger partial charge in [0.25, 0.3) is 5.91 Å². The highest BCUT2D eigenvalue weighted by Gasteiger charge is 2.18. The van der Waals surface area contributed by atoms with Gasteiger partial charge in [-0.2, -0.15) is 0 Å². The molecule has 1 aliphatic heterocycles. The number of benzene rings is 1. The number of nitrogens with zero attached hydrogens (tertiary/aromatic N) is 1. The fourth-order valence-corrected chi connectivity index (χ4v) is 2.24. The molecule has 2 N–H and O–H groups in total. The Balaban J connectivity index is 1.95. The first kappa shape index (κ1) is 13.2. The minimum atomic E-state index is 0.0328. The van der Waals surface area contributed by atoms with Gasteiger partial charge in [-0.1, -0.05) is 11.6 Å². The van der Waals surface area contributed by atoms with Crippen LogP contribution in [0.3, 0.4) is 0 Å². The quantitative estimate of drug-likeness (QED) is 0.906. The Bertz CT molecular complexity index is 431. The van der Waals surface area contributed by atoms with Gasteiger partial charge in [0.05, 0.1) is 0 Å². The number of nitrogens with two attached hydrogens (primary N) is 1. The Labute approximate surface area is 112 Å². The number of amides is 1. The molecule has 0 bridgehead atoms. The predicted molar refractivity (Wildman–Crippen MR) is 70.7 cm³/mol. The largest absolute Gasteiger partial charge is 0.483 e. The second kappa shape index (κ2) is 6.07. The normalized spacial score (nSPS) is 14.9. The SMILES string of the molecule is NCc1cc(Cl)ccc1OCC(=O)N1CCCC1. The molecule has 0 atom stereocenters. The summed E-state index contributed by atoms with van der Waals surface area (Å²) in [5.41, 5.74) is 6.43. The zero-order chi connectivity index (χ0) is 13.0. The van der Waals surface area contributed by atoms with Crippen LogP contribution in [0.5, 0.6) is 5.75 Å². The fraction of sp³-hybridized carbons (Fsp3) is 0.462. The average molecular weight is 269 g/mol. The van der Waals surface area contributed by atoms with Crippen molar-refractivity contribution in [3.63, 3.8) is 0 Å². The van der Waals surface area contributed by atoms with Crippen LogP contribution in [0.1, 0.15) is 18.4 Å².